The zero-order valence-electron chi connectivity index (χ0n) is 13.9. The Labute approximate surface area is 149 Å². The van der Waals surface area contributed by atoms with E-state index in [1.807, 2.05) is 0 Å². The van der Waals surface area contributed by atoms with E-state index in [0.29, 0.717) is 19.2 Å². The molecule has 0 unspecified atom stereocenters. The normalized spacial score (nSPS) is 15.8. The van der Waals surface area contributed by atoms with E-state index >= 15 is 0 Å². The lowest BCUT2D eigenvalue weighted by Crippen LogP contribution is -2.35. The zero-order valence-corrected chi connectivity index (χ0v) is 14.7. The fraction of sp³-hybridized carbons (Fsp3) is 0.375. The van der Waals surface area contributed by atoms with E-state index in [4.69, 9.17) is 0 Å². The van der Waals surface area contributed by atoms with Crippen LogP contribution in [0.15, 0.2) is 35.7 Å². The monoisotopic (exact) mass is 384 g/mol. The molecule has 1 amide bonds. The first-order chi connectivity index (χ1) is 12.4. The third kappa shape index (κ3) is 4.07. The summed E-state index contributed by atoms with van der Waals surface area (Å²) in [6, 6.07) is 2.80. The molecule has 26 heavy (non-hydrogen) atoms. The lowest BCUT2D eigenvalue weighted by atomic mass is 10.2. The summed E-state index contributed by atoms with van der Waals surface area (Å²) in [5.74, 6) is -2.23. The largest absolute Gasteiger partial charge is 0.327 e. The minimum atomic E-state index is -3.68. The highest BCUT2D eigenvalue weighted by molar-refractivity contribution is 7.89. The molecule has 7 nitrogen and oxygen atoms in total. The summed E-state index contributed by atoms with van der Waals surface area (Å²) in [6.45, 7) is 0.665. The zero-order chi connectivity index (χ0) is 18.7. The van der Waals surface area contributed by atoms with Crippen molar-refractivity contribution in [3.8, 4) is 0 Å². The van der Waals surface area contributed by atoms with Crippen LogP contribution >= 0.6 is 0 Å². The molecule has 0 atom stereocenters. The number of benzene rings is 1. The van der Waals surface area contributed by atoms with Gasteiger partial charge in [-0.1, -0.05) is 6.42 Å². The maximum absolute atomic E-state index is 13.6. The molecular weight excluding hydrogens is 366 g/mol. The average Bonchev–Trinajstić information content (AvgIpc) is 3.07. The smallest absolute Gasteiger partial charge is 0.262 e. The highest BCUT2D eigenvalue weighted by Crippen LogP contribution is 2.19. The fourth-order valence-corrected chi connectivity index (χ4v) is 4.20. The molecule has 3 rings (SSSR count). The number of aromatic nitrogens is 2. The van der Waals surface area contributed by atoms with Crippen molar-refractivity contribution in [3.05, 3.63) is 42.4 Å². The number of sulfonamides is 1. The highest BCUT2D eigenvalue weighted by Gasteiger charge is 2.28. The molecule has 1 aliphatic rings. The van der Waals surface area contributed by atoms with E-state index in [-0.39, 0.29) is 17.3 Å². The van der Waals surface area contributed by atoms with Crippen LogP contribution in [0.3, 0.4) is 0 Å². The number of amides is 1. The summed E-state index contributed by atoms with van der Waals surface area (Å²) in [4.78, 5) is 15.9. The molecule has 0 radical (unpaired) electrons. The van der Waals surface area contributed by atoms with Gasteiger partial charge in [0.1, 0.15) is 18.2 Å². The molecule has 1 saturated heterocycles. The van der Waals surface area contributed by atoms with Gasteiger partial charge in [0, 0.05) is 25.4 Å². The van der Waals surface area contributed by atoms with Crippen molar-refractivity contribution >= 4 is 21.6 Å². The minimum Gasteiger partial charge on any atom is -0.327 e. The summed E-state index contributed by atoms with van der Waals surface area (Å²) in [5, 5.41) is 2.18. The van der Waals surface area contributed by atoms with Crippen LogP contribution < -0.4 is 5.32 Å². The molecule has 0 aliphatic carbocycles. The Hall–Kier alpha value is -2.33. The van der Waals surface area contributed by atoms with Crippen LogP contribution in [0.5, 0.6) is 0 Å². The Kier molecular flexibility index (Phi) is 5.33. The summed E-state index contributed by atoms with van der Waals surface area (Å²) < 4.78 is 54.2. The van der Waals surface area contributed by atoms with Crippen molar-refractivity contribution in [2.75, 3.05) is 18.4 Å². The first-order valence-corrected chi connectivity index (χ1v) is 9.57. The molecule has 1 aromatic carbocycles. The van der Waals surface area contributed by atoms with Gasteiger partial charge in [-0.15, -0.1) is 0 Å². The van der Waals surface area contributed by atoms with Crippen LogP contribution in [0.25, 0.3) is 0 Å². The molecule has 0 bridgehead atoms. The van der Waals surface area contributed by atoms with Crippen molar-refractivity contribution in [3.63, 3.8) is 0 Å². The maximum atomic E-state index is 13.6. The van der Waals surface area contributed by atoms with Crippen LogP contribution in [-0.2, 0) is 21.4 Å². The minimum absolute atomic E-state index is 0.125. The van der Waals surface area contributed by atoms with E-state index in [1.165, 1.54) is 21.4 Å². The number of hydrogen-bond donors (Lipinski definition) is 1. The number of carbonyl (C=O) groups excluding carboxylic acids is 1. The van der Waals surface area contributed by atoms with E-state index in [1.54, 1.807) is 0 Å². The Morgan fingerprint density at radius 3 is 2.62 bits per heavy atom. The van der Waals surface area contributed by atoms with Gasteiger partial charge in [-0.3, -0.25) is 4.79 Å². The first kappa shape index (κ1) is 18.5. The lowest BCUT2D eigenvalue weighted by molar-refractivity contribution is -0.116. The SMILES string of the molecule is O=C(Cn1cnc(S(=O)(=O)N2CCCCC2)c1)Nc1ccc(F)cc1F. The van der Waals surface area contributed by atoms with Gasteiger partial charge in [0.05, 0.1) is 12.0 Å². The second kappa shape index (κ2) is 7.50. The maximum Gasteiger partial charge on any atom is 0.262 e. The summed E-state index contributed by atoms with van der Waals surface area (Å²) >= 11 is 0. The molecule has 1 aromatic heterocycles. The molecule has 1 aliphatic heterocycles. The number of nitrogens with zero attached hydrogens (tertiary/aromatic N) is 3. The topological polar surface area (TPSA) is 84.3 Å². The van der Waals surface area contributed by atoms with Gasteiger partial charge in [-0.2, -0.15) is 4.31 Å². The number of nitrogens with one attached hydrogen (secondary N) is 1. The number of hydrogen-bond acceptors (Lipinski definition) is 4. The lowest BCUT2D eigenvalue weighted by Gasteiger charge is -2.24. The summed E-state index contributed by atoms with van der Waals surface area (Å²) in [5.41, 5.74) is -0.155. The van der Waals surface area contributed by atoms with Gasteiger partial charge in [-0.25, -0.2) is 22.2 Å². The molecule has 1 N–H and O–H groups in total. The Morgan fingerprint density at radius 2 is 1.92 bits per heavy atom. The van der Waals surface area contributed by atoms with E-state index in [0.717, 1.165) is 31.4 Å². The van der Waals surface area contributed by atoms with Crippen LogP contribution in [0.4, 0.5) is 14.5 Å². The van der Waals surface area contributed by atoms with Crippen LogP contribution in [0.1, 0.15) is 19.3 Å². The Morgan fingerprint density at radius 1 is 1.19 bits per heavy atom. The predicted octanol–water partition coefficient (Wildman–Crippen LogP) is 1.97. The summed E-state index contributed by atoms with van der Waals surface area (Å²) in [7, 11) is -3.68. The van der Waals surface area contributed by atoms with E-state index in [2.05, 4.69) is 10.3 Å². The second-order valence-corrected chi connectivity index (χ2v) is 7.91. The second-order valence-electron chi connectivity index (χ2n) is 6.02. The van der Waals surface area contributed by atoms with Gasteiger partial charge >= 0.3 is 0 Å². The molecular formula is C16H18F2N4O3S. The molecule has 0 saturated carbocycles. The highest BCUT2D eigenvalue weighted by atomic mass is 32.2. The van der Waals surface area contributed by atoms with Gasteiger partial charge in [0.25, 0.3) is 10.0 Å². The third-order valence-electron chi connectivity index (χ3n) is 4.06. The van der Waals surface area contributed by atoms with Crippen molar-refractivity contribution in [2.24, 2.45) is 0 Å². The molecule has 10 heteroatoms. The molecule has 0 spiro atoms. The molecule has 140 valence electrons. The van der Waals surface area contributed by atoms with Gasteiger partial charge in [0.2, 0.25) is 5.91 Å². The number of carbonyl (C=O) groups is 1. The first-order valence-electron chi connectivity index (χ1n) is 8.13. The van der Waals surface area contributed by atoms with Gasteiger partial charge in [0.15, 0.2) is 5.03 Å². The predicted molar refractivity (Wildman–Crippen MR) is 89.8 cm³/mol. The fourth-order valence-electron chi connectivity index (χ4n) is 2.74. The number of rotatable bonds is 5. The van der Waals surface area contributed by atoms with Crippen LogP contribution in [0.2, 0.25) is 0 Å². The standard InChI is InChI=1S/C16H18F2N4O3S/c17-12-4-5-14(13(18)8-12)20-15(23)9-21-10-16(19-11-21)26(24,25)22-6-2-1-3-7-22/h4-5,8,10-11H,1-3,6-7,9H2,(H,20,23). The van der Waals surface area contributed by atoms with Gasteiger partial charge < -0.3 is 9.88 Å². The Bertz CT molecular complexity index is 908. The average molecular weight is 384 g/mol. The number of anilines is 1. The van der Waals surface area contributed by atoms with Crippen molar-refractivity contribution in [1.29, 1.82) is 0 Å². The van der Waals surface area contributed by atoms with Crippen molar-refractivity contribution in [2.45, 2.75) is 30.8 Å². The van der Waals surface area contributed by atoms with Gasteiger partial charge in [-0.05, 0) is 25.0 Å². The number of halogens is 2. The Balaban J connectivity index is 1.67. The molecule has 2 aromatic rings. The van der Waals surface area contributed by atoms with Crippen LogP contribution in [0, 0.1) is 11.6 Å². The van der Waals surface area contributed by atoms with E-state index in [9.17, 15) is 22.0 Å². The summed E-state index contributed by atoms with van der Waals surface area (Å²) in [6.07, 6.45) is 5.12. The number of imidazole rings is 1. The third-order valence-corrected chi connectivity index (χ3v) is 5.84. The molecule has 1 fully saturated rings. The van der Waals surface area contributed by atoms with Crippen molar-refractivity contribution < 1.29 is 22.0 Å². The van der Waals surface area contributed by atoms with Crippen LogP contribution in [-0.4, -0.2) is 41.3 Å². The number of piperidine rings is 1. The van der Waals surface area contributed by atoms with E-state index < -0.39 is 27.6 Å². The molecule has 2 heterocycles. The van der Waals surface area contributed by atoms with Crippen molar-refractivity contribution in [1.82, 2.24) is 13.9 Å². The quantitative estimate of drug-likeness (QED) is 0.854.